The molecule has 2 N–H and O–H groups in total. The lowest BCUT2D eigenvalue weighted by atomic mass is 10.1. The van der Waals surface area contributed by atoms with Crippen molar-refractivity contribution in [2.45, 2.75) is 6.54 Å². The topological polar surface area (TPSA) is 65.7 Å². The van der Waals surface area contributed by atoms with E-state index >= 15 is 0 Å². The first kappa shape index (κ1) is 12.2. The van der Waals surface area contributed by atoms with E-state index in [2.05, 4.69) is 10.2 Å². The molecule has 1 saturated heterocycles. The number of rotatable bonds is 3. The predicted octanol–water partition coefficient (Wildman–Crippen LogP) is 1.54. The zero-order valence-electron chi connectivity index (χ0n) is 10.6. The van der Waals surface area contributed by atoms with E-state index in [0.29, 0.717) is 5.58 Å². The van der Waals surface area contributed by atoms with Crippen LogP contribution in [0.25, 0.3) is 11.0 Å². The van der Waals surface area contributed by atoms with Crippen molar-refractivity contribution in [2.24, 2.45) is 0 Å². The van der Waals surface area contributed by atoms with Gasteiger partial charge in [0.15, 0.2) is 0 Å². The summed E-state index contributed by atoms with van der Waals surface area (Å²) in [6.45, 7) is 4.93. The number of fused-ring (bicyclic) bond motifs is 1. The number of hydrogen-bond donors (Lipinski definition) is 2. The first-order valence-electron chi connectivity index (χ1n) is 6.40. The average molecular weight is 260 g/mol. The summed E-state index contributed by atoms with van der Waals surface area (Å²) in [5.41, 5.74) is 2.02. The van der Waals surface area contributed by atoms with Gasteiger partial charge in [0.25, 0.3) is 0 Å². The van der Waals surface area contributed by atoms with Gasteiger partial charge in [-0.25, -0.2) is 4.79 Å². The van der Waals surface area contributed by atoms with Crippen molar-refractivity contribution in [1.29, 1.82) is 0 Å². The summed E-state index contributed by atoms with van der Waals surface area (Å²) in [7, 11) is 0. The quantitative estimate of drug-likeness (QED) is 0.876. The molecule has 0 radical (unpaired) electrons. The minimum Gasteiger partial charge on any atom is -0.478 e. The van der Waals surface area contributed by atoms with E-state index < -0.39 is 5.97 Å². The molecule has 5 nitrogen and oxygen atoms in total. The average Bonchev–Trinajstić information content (AvgIpc) is 2.82. The Morgan fingerprint density at radius 2 is 2.16 bits per heavy atom. The highest BCUT2D eigenvalue weighted by Crippen LogP contribution is 2.23. The van der Waals surface area contributed by atoms with Gasteiger partial charge in [0, 0.05) is 43.7 Å². The molecular formula is C14H16N2O3. The van der Waals surface area contributed by atoms with Crippen LogP contribution in [0.5, 0.6) is 0 Å². The summed E-state index contributed by atoms with van der Waals surface area (Å²) in [5.74, 6) is -0.929. The Morgan fingerprint density at radius 3 is 2.89 bits per heavy atom. The van der Waals surface area contributed by atoms with Crippen molar-refractivity contribution in [3.05, 3.63) is 35.6 Å². The lowest BCUT2D eigenvalue weighted by Crippen LogP contribution is -2.42. The number of carbonyl (C=O) groups is 1. The van der Waals surface area contributed by atoms with E-state index in [9.17, 15) is 4.79 Å². The van der Waals surface area contributed by atoms with Crippen molar-refractivity contribution < 1.29 is 14.3 Å². The van der Waals surface area contributed by atoms with Gasteiger partial charge in [-0.2, -0.15) is 0 Å². The van der Waals surface area contributed by atoms with Crippen LogP contribution in [0, 0.1) is 0 Å². The zero-order valence-corrected chi connectivity index (χ0v) is 10.6. The molecule has 0 amide bonds. The lowest BCUT2D eigenvalue weighted by molar-refractivity contribution is 0.0697. The third kappa shape index (κ3) is 2.47. The molecule has 0 atom stereocenters. The molecule has 3 rings (SSSR count). The highest BCUT2D eigenvalue weighted by atomic mass is 16.4. The maximum Gasteiger partial charge on any atom is 0.335 e. The Hall–Kier alpha value is -1.85. The lowest BCUT2D eigenvalue weighted by Gasteiger charge is -2.26. The molecule has 19 heavy (non-hydrogen) atoms. The summed E-state index contributed by atoms with van der Waals surface area (Å²) in [4.78, 5) is 13.3. The van der Waals surface area contributed by atoms with Crippen LogP contribution in [-0.2, 0) is 6.54 Å². The second-order valence-corrected chi connectivity index (χ2v) is 4.80. The largest absolute Gasteiger partial charge is 0.478 e. The van der Waals surface area contributed by atoms with Gasteiger partial charge in [0.2, 0.25) is 0 Å². The maximum absolute atomic E-state index is 10.9. The van der Waals surface area contributed by atoms with E-state index in [1.807, 2.05) is 6.07 Å². The molecule has 0 saturated carbocycles. The van der Waals surface area contributed by atoms with Gasteiger partial charge in [-0.05, 0) is 18.2 Å². The first-order valence-corrected chi connectivity index (χ1v) is 6.40. The molecule has 1 aliphatic rings. The van der Waals surface area contributed by atoms with Crippen molar-refractivity contribution in [3.8, 4) is 0 Å². The summed E-state index contributed by atoms with van der Waals surface area (Å²) in [6, 6.07) is 5.04. The van der Waals surface area contributed by atoms with Gasteiger partial charge < -0.3 is 14.8 Å². The molecule has 0 spiro atoms. The van der Waals surface area contributed by atoms with E-state index in [4.69, 9.17) is 9.52 Å². The Labute approximate surface area is 110 Å². The second-order valence-electron chi connectivity index (χ2n) is 4.80. The van der Waals surface area contributed by atoms with E-state index in [1.165, 1.54) is 0 Å². The van der Waals surface area contributed by atoms with Gasteiger partial charge >= 0.3 is 5.97 Å². The molecule has 0 unspecified atom stereocenters. The standard InChI is InChI=1S/C14H16N2O3/c17-14(18)10-1-2-12-11(9-19-13(12)7-10)8-16-5-3-15-4-6-16/h1-2,7,9,15H,3-6,8H2,(H,17,18). The van der Waals surface area contributed by atoms with Crippen LogP contribution in [0.15, 0.2) is 28.9 Å². The molecule has 2 heterocycles. The van der Waals surface area contributed by atoms with E-state index in [-0.39, 0.29) is 5.56 Å². The van der Waals surface area contributed by atoms with Gasteiger partial charge in [-0.15, -0.1) is 0 Å². The minimum absolute atomic E-state index is 0.260. The predicted molar refractivity (Wildman–Crippen MR) is 71.3 cm³/mol. The molecule has 0 bridgehead atoms. The Bertz CT molecular complexity index is 600. The number of piperazine rings is 1. The van der Waals surface area contributed by atoms with Crippen LogP contribution < -0.4 is 5.32 Å². The van der Waals surface area contributed by atoms with Crippen LogP contribution in [0.4, 0.5) is 0 Å². The zero-order chi connectivity index (χ0) is 13.2. The Balaban J connectivity index is 1.86. The normalized spacial score (nSPS) is 16.8. The number of aromatic carboxylic acids is 1. The fourth-order valence-electron chi connectivity index (χ4n) is 2.45. The van der Waals surface area contributed by atoms with Gasteiger partial charge in [-0.1, -0.05) is 0 Å². The molecule has 1 aromatic heterocycles. The number of carboxylic acid groups (broad SMARTS) is 1. The van der Waals surface area contributed by atoms with Crippen LogP contribution >= 0.6 is 0 Å². The van der Waals surface area contributed by atoms with Crippen molar-refractivity contribution >= 4 is 16.9 Å². The number of nitrogens with one attached hydrogen (secondary N) is 1. The maximum atomic E-state index is 10.9. The van der Waals surface area contributed by atoms with Crippen molar-refractivity contribution in [1.82, 2.24) is 10.2 Å². The van der Waals surface area contributed by atoms with Gasteiger partial charge in [0.05, 0.1) is 11.8 Å². The van der Waals surface area contributed by atoms with Crippen LogP contribution in [-0.4, -0.2) is 42.2 Å². The molecule has 1 fully saturated rings. The number of carboxylic acids is 1. The monoisotopic (exact) mass is 260 g/mol. The molecule has 100 valence electrons. The van der Waals surface area contributed by atoms with Crippen LogP contribution in [0.1, 0.15) is 15.9 Å². The highest BCUT2D eigenvalue weighted by Gasteiger charge is 2.14. The summed E-state index contributed by atoms with van der Waals surface area (Å²) in [6.07, 6.45) is 1.73. The number of nitrogens with zero attached hydrogens (tertiary/aromatic N) is 1. The Morgan fingerprint density at radius 1 is 1.37 bits per heavy atom. The van der Waals surface area contributed by atoms with Crippen molar-refractivity contribution in [3.63, 3.8) is 0 Å². The molecule has 5 heteroatoms. The van der Waals surface area contributed by atoms with Crippen LogP contribution in [0.2, 0.25) is 0 Å². The summed E-state index contributed by atoms with van der Waals surface area (Å²) in [5, 5.41) is 13.3. The highest BCUT2D eigenvalue weighted by molar-refractivity contribution is 5.93. The summed E-state index contributed by atoms with van der Waals surface area (Å²) >= 11 is 0. The first-order chi connectivity index (χ1) is 9.24. The minimum atomic E-state index is -0.929. The molecule has 1 aliphatic heterocycles. The molecule has 1 aromatic carbocycles. The van der Waals surface area contributed by atoms with Gasteiger partial charge in [-0.3, -0.25) is 4.90 Å². The fourth-order valence-corrected chi connectivity index (χ4v) is 2.45. The molecular weight excluding hydrogens is 244 g/mol. The fraction of sp³-hybridized carbons (Fsp3) is 0.357. The summed E-state index contributed by atoms with van der Waals surface area (Å²) < 4.78 is 5.48. The second kappa shape index (κ2) is 5.03. The molecule has 0 aliphatic carbocycles. The van der Waals surface area contributed by atoms with E-state index in [0.717, 1.165) is 43.7 Å². The smallest absolute Gasteiger partial charge is 0.335 e. The van der Waals surface area contributed by atoms with Gasteiger partial charge in [0.1, 0.15) is 5.58 Å². The number of hydrogen-bond acceptors (Lipinski definition) is 4. The van der Waals surface area contributed by atoms with E-state index in [1.54, 1.807) is 18.4 Å². The Kier molecular flexibility index (Phi) is 3.23. The molecule has 2 aromatic rings. The third-order valence-electron chi connectivity index (χ3n) is 3.51. The van der Waals surface area contributed by atoms with Crippen molar-refractivity contribution in [2.75, 3.05) is 26.2 Å². The number of furan rings is 1. The third-order valence-corrected chi connectivity index (χ3v) is 3.51. The SMILES string of the molecule is O=C(O)c1ccc2c(CN3CCNCC3)coc2c1. The van der Waals surface area contributed by atoms with Crippen LogP contribution in [0.3, 0.4) is 0 Å². The number of benzene rings is 1.